The lowest BCUT2D eigenvalue weighted by Crippen LogP contribution is -2.23. The van der Waals surface area contributed by atoms with Gasteiger partial charge in [0.2, 0.25) is 0 Å². The molecule has 112 valence electrons. The molecule has 0 saturated heterocycles. The van der Waals surface area contributed by atoms with Gasteiger partial charge >= 0.3 is 5.69 Å². The molecule has 2 aromatic heterocycles. The minimum absolute atomic E-state index is 0.138. The molecule has 0 radical (unpaired) electrons. The van der Waals surface area contributed by atoms with E-state index in [-0.39, 0.29) is 6.61 Å². The van der Waals surface area contributed by atoms with Crippen molar-refractivity contribution in [1.29, 1.82) is 0 Å². The number of tetrazole rings is 1. The van der Waals surface area contributed by atoms with Crippen molar-refractivity contribution in [2.24, 2.45) is 7.05 Å². The molecule has 2 heterocycles. The summed E-state index contributed by atoms with van der Waals surface area (Å²) in [6, 6.07) is 5.51. The van der Waals surface area contributed by atoms with E-state index in [4.69, 9.17) is 6.11 Å². The second kappa shape index (κ2) is 5.76. The number of rotatable bonds is 4. The van der Waals surface area contributed by atoms with Crippen molar-refractivity contribution in [2.45, 2.75) is 13.5 Å². The molecule has 0 aliphatic heterocycles. The summed E-state index contributed by atoms with van der Waals surface area (Å²) in [5.41, 5.74) is 1.39. The fourth-order valence-corrected chi connectivity index (χ4v) is 1.91. The average molecular weight is 300 g/mol. The van der Waals surface area contributed by atoms with E-state index >= 15 is 0 Å². The molecule has 1 aromatic carbocycles. The summed E-state index contributed by atoms with van der Waals surface area (Å²) in [7, 11) is 1.51. The zero-order chi connectivity index (χ0) is 16.4. The third kappa shape index (κ3) is 2.58. The molecule has 0 unspecified atom stereocenters. The first-order valence-electron chi connectivity index (χ1n) is 7.04. The zero-order valence-corrected chi connectivity index (χ0v) is 12.1. The van der Waals surface area contributed by atoms with Gasteiger partial charge in [0.1, 0.15) is 30.1 Å². The van der Waals surface area contributed by atoms with Crippen LogP contribution in [0.5, 0.6) is 5.75 Å². The van der Waals surface area contributed by atoms with Gasteiger partial charge in [-0.25, -0.2) is 14.8 Å². The molecule has 3 aromatic rings. The van der Waals surface area contributed by atoms with E-state index in [1.54, 1.807) is 18.2 Å². The van der Waals surface area contributed by atoms with Gasteiger partial charge in [-0.15, -0.1) is 0 Å². The van der Waals surface area contributed by atoms with E-state index in [1.807, 2.05) is 6.92 Å². The Kier molecular flexibility index (Phi) is 3.32. The molecular weight excluding hydrogens is 284 g/mol. The van der Waals surface area contributed by atoms with E-state index in [2.05, 4.69) is 20.4 Å². The molecule has 8 heteroatoms. The maximum Gasteiger partial charge on any atom is 0.368 e. The van der Waals surface area contributed by atoms with Crippen LogP contribution in [0.25, 0.3) is 5.69 Å². The number of hydrogen-bond donors (Lipinski definition) is 0. The lowest BCUT2D eigenvalue weighted by molar-refractivity contribution is 0.298. The number of para-hydroxylation sites is 1. The molecule has 0 bridgehead atoms. The molecule has 0 saturated carbocycles. The molecule has 0 amide bonds. The Hall–Kier alpha value is -3.03. The SMILES string of the molecule is [3H]c1ccc(OCc2ncncc2-n2nnn(C)c2=O)c(C)c1. The number of nitrogens with zero attached hydrogens (tertiary/aromatic N) is 6. The molecule has 8 nitrogen and oxygen atoms in total. The summed E-state index contributed by atoms with van der Waals surface area (Å²) in [6.07, 6.45) is 2.87. The van der Waals surface area contributed by atoms with E-state index in [9.17, 15) is 4.79 Å². The second-order valence-electron chi connectivity index (χ2n) is 4.63. The van der Waals surface area contributed by atoms with Gasteiger partial charge < -0.3 is 4.74 Å². The van der Waals surface area contributed by atoms with Crippen molar-refractivity contribution in [3.63, 3.8) is 0 Å². The highest BCUT2D eigenvalue weighted by Gasteiger charge is 2.13. The Morgan fingerprint density at radius 1 is 1.36 bits per heavy atom. The molecule has 0 N–H and O–H groups in total. The fourth-order valence-electron chi connectivity index (χ4n) is 1.91. The molecule has 3 rings (SSSR count). The first kappa shape index (κ1) is 12.7. The van der Waals surface area contributed by atoms with Crippen LogP contribution in [0.15, 0.2) is 41.6 Å². The molecular formula is C14H14N6O2. The van der Waals surface area contributed by atoms with E-state index in [1.165, 1.54) is 19.6 Å². The average Bonchev–Trinajstić information content (AvgIpc) is 2.86. The van der Waals surface area contributed by atoms with Gasteiger partial charge in [-0.2, -0.15) is 9.36 Å². The van der Waals surface area contributed by atoms with Crippen LogP contribution in [0.3, 0.4) is 0 Å². The van der Waals surface area contributed by atoms with Gasteiger partial charge in [0.25, 0.3) is 0 Å². The Balaban J connectivity index is 1.89. The summed E-state index contributed by atoms with van der Waals surface area (Å²) in [6.45, 7) is 2.00. The minimum Gasteiger partial charge on any atom is -0.487 e. The summed E-state index contributed by atoms with van der Waals surface area (Å²) in [5, 5.41) is 7.46. The normalized spacial score (nSPS) is 11.3. The lowest BCUT2D eigenvalue weighted by Gasteiger charge is -2.10. The first-order chi connectivity index (χ1) is 11.1. The van der Waals surface area contributed by atoms with Gasteiger partial charge in [0.05, 0.1) is 7.57 Å². The number of hydrogen-bond acceptors (Lipinski definition) is 6. The van der Waals surface area contributed by atoms with Crippen LogP contribution >= 0.6 is 0 Å². The first-order valence-corrected chi connectivity index (χ1v) is 6.54. The third-order valence-corrected chi connectivity index (χ3v) is 3.11. The predicted molar refractivity (Wildman–Crippen MR) is 77.7 cm³/mol. The standard InChI is InChI=1S/C14H14N6O2/c1-10-5-3-4-6-13(10)22-8-11-12(7-15-9-16-11)20-14(21)19(2)17-18-20/h3-7,9H,8H2,1-2H3/i3T. The van der Waals surface area contributed by atoms with E-state index in [0.717, 1.165) is 14.9 Å². The van der Waals surface area contributed by atoms with Gasteiger partial charge in [0.15, 0.2) is 0 Å². The van der Waals surface area contributed by atoms with Crippen molar-refractivity contribution in [2.75, 3.05) is 0 Å². The van der Waals surface area contributed by atoms with Crippen LogP contribution < -0.4 is 10.4 Å². The number of aryl methyl sites for hydroxylation is 2. The van der Waals surface area contributed by atoms with E-state index in [0.29, 0.717) is 23.2 Å². The number of ether oxygens (including phenoxy) is 1. The van der Waals surface area contributed by atoms with Crippen molar-refractivity contribution in [1.82, 2.24) is 29.8 Å². The Morgan fingerprint density at radius 2 is 2.23 bits per heavy atom. The maximum absolute atomic E-state index is 12.0. The lowest BCUT2D eigenvalue weighted by atomic mass is 10.2. The van der Waals surface area contributed by atoms with Gasteiger partial charge in [-0.05, 0) is 29.0 Å². The highest BCUT2D eigenvalue weighted by atomic mass is 16.5. The van der Waals surface area contributed by atoms with Crippen LogP contribution in [0.4, 0.5) is 0 Å². The Bertz CT molecular complexity index is 904. The predicted octanol–water partition coefficient (Wildman–Crippen LogP) is 0.643. The number of aromatic nitrogens is 6. The van der Waals surface area contributed by atoms with Gasteiger partial charge in [0, 0.05) is 7.05 Å². The van der Waals surface area contributed by atoms with Crippen LogP contribution in [0.1, 0.15) is 12.6 Å². The smallest absolute Gasteiger partial charge is 0.368 e. The molecule has 0 aliphatic carbocycles. The molecule has 0 spiro atoms. The summed E-state index contributed by atoms with van der Waals surface area (Å²) in [4.78, 5) is 20.1. The largest absolute Gasteiger partial charge is 0.487 e. The molecule has 0 atom stereocenters. The summed E-state index contributed by atoms with van der Waals surface area (Å²) >= 11 is 0. The van der Waals surface area contributed by atoms with Crippen LogP contribution in [-0.2, 0) is 13.7 Å². The van der Waals surface area contributed by atoms with Crippen molar-refractivity contribution >= 4 is 0 Å². The topological polar surface area (TPSA) is 87.7 Å². The van der Waals surface area contributed by atoms with Crippen molar-refractivity contribution in [3.05, 3.63) is 58.5 Å². The molecule has 0 fully saturated rings. The summed E-state index contributed by atoms with van der Waals surface area (Å²) in [5.74, 6) is 0.650. The van der Waals surface area contributed by atoms with Crippen LogP contribution in [-0.4, -0.2) is 29.8 Å². The highest BCUT2D eigenvalue weighted by molar-refractivity contribution is 5.34. The van der Waals surface area contributed by atoms with E-state index < -0.39 is 5.69 Å². The van der Waals surface area contributed by atoms with Crippen molar-refractivity contribution in [3.8, 4) is 11.4 Å². The number of benzene rings is 1. The zero-order valence-electron chi connectivity index (χ0n) is 13.1. The molecule has 22 heavy (non-hydrogen) atoms. The quantitative estimate of drug-likeness (QED) is 0.703. The Morgan fingerprint density at radius 3 is 2.95 bits per heavy atom. The highest BCUT2D eigenvalue weighted by Crippen LogP contribution is 2.18. The fraction of sp³-hybridized carbons (Fsp3) is 0.214. The van der Waals surface area contributed by atoms with Crippen LogP contribution in [0.2, 0.25) is 0 Å². The molecule has 0 aliphatic rings. The van der Waals surface area contributed by atoms with Crippen molar-refractivity contribution < 1.29 is 6.11 Å². The maximum atomic E-state index is 12.0. The monoisotopic (exact) mass is 300 g/mol. The van der Waals surface area contributed by atoms with Gasteiger partial charge in [-0.1, -0.05) is 18.2 Å². The van der Waals surface area contributed by atoms with Gasteiger partial charge in [-0.3, -0.25) is 0 Å². The van der Waals surface area contributed by atoms with Crippen LogP contribution in [0, 0.1) is 6.92 Å². The minimum atomic E-state index is -0.393. The summed E-state index contributed by atoms with van der Waals surface area (Å²) < 4.78 is 15.6. The Labute approximate surface area is 127 Å². The second-order valence-corrected chi connectivity index (χ2v) is 4.63. The third-order valence-electron chi connectivity index (χ3n) is 3.11.